The molecule has 0 saturated carbocycles. The lowest BCUT2D eigenvalue weighted by Gasteiger charge is -2.42. The van der Waals surface area contributed by atoms with Crippen LogP contribution in [0, 0.1) is 39.9 Å². The molecule has 0 aromatic heterocycles. The Balaban J connectivity index is 2.96. The van der Waals surface area contributed by atoms with Gasteiger partial charge in [-0.25, -0.2) is 0 Å². The highest BCUT2D eigenvalue weighted by atomic mass is 32.2. The third-order valence-corrected chi connectivity index (χ3v) is 4.58. The second kappa shape index (κ2) is 5.46. The van der Waals surface area contributed by atoms with Crippen LogP contribution in [0.15, 0.2) is 12.2 Å². The molecule has 3 atom stereocenters. The van der Waals surface area contributed by atoms with Crippen molar-refractivity contribution in [2.45, 2.75) is 26.1 Å². The molecule has 3 unspecified atom stereocenters. The standard InChI is InChI=1S/C13H17N3OS/c1-8(2)7-18-12-10(6-15)13(3,4)9(5-14)11(17)16-12/h9-10,12H,1,7H2,2-4H3,(H,16,17). The highest BCUT2D eigenvalue weighted by Crippen LogP contribution is 2.43. The van der Waals surface area contributed by atoms with Crippen LogP contribution in [0.4, 0.5) is 0 Å². The Hall–Kier alpha value is -1.46. The van der Waals surface area contributed by atoms with E-state index >= 15 is 0 Å². The lowest BCUT2D eigenvalue weighted by atomic mass is 9.67. The number of rotatable bonds is 3. The molecule has 1 N–H and O–H groups in total. The van der Waals surface area contributed by atoms with E-state index in [0.717, 1.165) is 5.57 Å². The molecule has 96 valence electrons. The summed E-state index contributed by atoms with van der Waals surface area (Å²) in [5, 5.41) is 20.9. The normalized spacial score (nSPS) is 29.8. The van der Waals surface area contributed by atoms with Gasteiger partial charge in [0, 0.05) is 11.2 Å². The zero-order valence-electron chi connectivity index (χ0n) is 10.9. The van der Waals surface area contributed by atoms with Crippen molar-refractivity contribution in [3.63, 3.8) is 0 Å². The van der Waals surface area contributed by atoms with Gasteiger partial charge in [-0.15, -0.1) is 11.8 Å². The molecule has 1 rings (SSSR count). The molecule has 0 bridgehead atoms. The van der Waals surface area contributed by atoms with Gasteiger partial charge in [0.15, 0.2) is 0 Å². The fourth-order valence-electron chi connectivity index (χ4n) is 2.04. The number of nitrogens with zero attached hydrogens (tertiary/aromatic N) is 2. The number of thioether (sulfide) groups is 1. The monoisotopic (exact) mass is 263 g/mol. The molecule has 0 aliphatic carbocycles. The first-order chi connectivity index (χ1) is 8.34. The van der Waals surface area contributed by atoms with Crippen molar-refractivity contribution >= 4 is 17.7 Å². The lowest BCUT2D eigenvalue weighted by molar-refractivity contribution is -0.130. The number of carbonyl (C=O) groups excluding carboxylic acids is 1. The van der Waals surface area contributed by atoms with Crippen LogP contribution < -0.4 is 5.32 Å². The maximum atomic E-state index is 11.9. The fraction of sp³-hybridized carbons (Fsp3) is 0.615. The van der Waals surface area contributed by atoms with E-state index < -0.39 is 11.3 Å². The molecule has 0 spiro atoms. The first kappa shape index (κ1) is 14.6. The Morgan fingerprint density at radius 2 is 2.11 bits per heavy atom. The number of carbonyl (C=O) groups is 1. The minimum atomic E-state index is -0.774. The highest BCUT2D eigenvalue weighted by Gasteiger charge is 2.50. The van der Waals surface area contributed by atoms with Crippen LogP contribution in [0.2, 0.25) is 0 Å². The number of nitrogens with one attached hydrogen (secondary N) is 1. The van der Waals surface area contributed by atoms with Gasteiger partial charge in [0.25, 0.3) is 0 Å². The largest absolute Gasteiger partial charge is 0.342 e. The molecular formula is C13H17N3OS. The first-order valence-corrected chi connectivity index (χ1v) is 6.75. The minimum Gasteiger partial charge on any atom is -0.342 e. The van der Waals surface area contributed by atoms with Gasteiger partial charge in [-0.05, 0) is 6.92 Å². The lowest BCUT2D eigenvalue weighted by Crippen LogP contribution is -2.56. The summed E-state index contributed by atoms with van der Waals surface area (Å²) in [5.41, 5.74) is 0.352. The highest BCUT2D eigenvalue weighted by molar-refractivity contribution is 8.00. The van der Waals surface area contributed by atoms with E-state index in [-0.39, 0.29) is 17.2 Å². The van der Waals surface area contributed by atoms with Crippen molar-refractivity contribution in [3.8, 4) is 12.1 Å². The Morgan fingerprint density at radius 3 is 2.56 bits per heavy atom. The average molecular weight is 263 g/mol. The summed E-state index contributed by atoms with van der Waals surface area (Å²) in [4.78, 5) is 11.9. The molecule has 18 heavy (non-hydrogen) atoms. The summed E-state index contributed by atoms with van der Waals surface area (Å²) >= 11 is 1.49. The van der Waals surface area contributed by atoms with Gasteiger partial charge >= 0.3 is 0 Å². The van der Waals surface area contributed by atoms with Gasteiger partial charge in [-0.1, -0.05) is 26.0 Å². The predicted octanol–water partition coefficient (Wildman–Crippen LogP) is 2.06. The van der Waals surface area contributed by atoms with E-state index in [1.807, 2.05) is 26.8 Å². The van der Waals surface area contributed by atoms with E-state index in [2.05, 4.69) is 18.0 Å². The molecule has 0 aromatic rings. The number of hydrogen-bond acceptors (Lipinski definition) is 4. The van der Waals surface area contributed by atoms with Crippen LogP contribution in [0.25, 0.3) is 0 Å². The van der Waals surface area contributed by atoms with E-state index in [9.17, 15) is 10.1 Å². The van der Waals surface area contributed by atoms with Crippen molar-refractivity contribution < 1.29 is 4.79 Å². The fourth-order valence-corrected chi connectivity index (χ4v) is 3.31. The molecule has 0 radical (unpaired) electrons. The molecule has 1 aliphatic rings. The third kappa shape index (κ3) is 2.68. The Bertz CT molecular complexity index is 444. The molecule has 0 aromatic carbocycles. The average Bonchev–Trinajstić information content (AvgIpc) is 2.25. The summed E-state index contributed by atoms with van der Waals surface area (Å²) in [6, 6.07) is 4.24. The van der Waals surface area contributed by atoms with Crippen LogP contribution in [-0.4, -0.2) is 17.0 Å². The molecule has 1 aliphatic heterocycles. The van der Waals surface area contributed by atoms with Crippen LogP contribution in [-0.2, 0) is 4.79 Å². The second-order valence-corrected chi connectivity index (χ2v) is 6.32. The number of hydrogen-bond donors (Lipinski definition) is 1. The first-order valence-electron chi connectivity index (χ1n) is 5.70. The number of amides is 1. The summed E-state index contributed by atoms with van der Waals surface area (Å²) < 4.78 is 0. The summed E-state index contributed by atoms with van der Waals surface area (Å²) in [6.45, 7) is 9.33. The topological polar surface area (TPSA) is 76.7 Å². The zero-order valence-corrected chi connectivity index (χ0v) is 11.7. The zero-order chi connectivity index (χ0) is 13.9. The molecule has 1 amide bonds. The van der Waals surface area contributed by atoms with Crippen LogP contribution >= 0.6 is 11.8 Å². The van der Waals surface area contributed by atoms with Crippen molar-refractivity contribution in [1.29, 1.82) is 10.5 Å². The van der Waals surface area contributed by atoms with Gasteiger partial charge in [-0.2, -0.15) is 10.5 Å². The van der Waals surface area contributed by atoms with E-state index in [4.69, 9.17) is 5.26 Å². The van der Waals surface area contributed by atoms with Gasteiger partial charge < -0.3 is 5.32 Å². The van der Waals surface area contributed by atoms with Gasteiger partial charge in [0.1, 0.15) is 5.92 Å². The second-order valence-electron chi connectivity index (χ2n) is 5.19. The van der Waals surface area contributed by atoms with E-state index in [1.165, 1.54) is 11.8 Å². The van der Waals surface area contributed by atoms with Crippen molar-refractivity contribution in [3.05, 3.63) is 12.2 Å². The minimum absolute atomic E-state index is 0.279. The van der Waals surface area contributed by atoms with Crippen LogP contribution in [0.5, 0.6) is 0 Å². The number of piperidine rings is 1. The van der Waals surface area contributed by atoms with Crippen molar-refractivity contribution in [2.24, 2.45) is 17.3 Å². The van der Waals surface area contributed by atoms with Crippen LogP contribution in [0.1, 0.15) is 20.8 Å². The predicted molar refractivity (Wildman–Crippen MR) is 71.2 cm³/mol. The summed E-state index contributed by atoms with van der Waals surface area (Å²) in [6.07, 6.45) is 0. The molecule has 1 saturated heterocycles. The summed E-state index contributed by atoms with van der Waals surface area (Å²) in [5.74, 6) is -0.752. The Morgan fingerprint density at radius 1 is 1.50 bits per heavy atom. The molecule has 4 nitrogen and oxygen atoms in total. The molecule has 1 heterocycles. The van der Waals surface area contributed by atoms with Gasteiger partial charge in [0.2, 0.25) is 5.91 Å². The van der Waals surface area contributed by atoms with Crippen molar-refractivity contribution in [2.75, 3.05) is 5.75 Å². The maximum Gasteiger partial charge on any atom is 0.238 e. The molecule has 5 heteroatoms. The maximum absolute atomic E-state index is 11.9. The van der Waals surface area contributed by atoms with E-state index in [0.29, 0.717) is 5.75 Å². The van der Waals surface area contributed by atoms with Gasteiger partial charge in [0.05, 0.1) is 23.4 Å². The SMILES string of the molecule is C=C(C)CSC1NC(=O)C(C#N)C(C)(C)C1C#N. The molecule has 1 fully saturated rings. The van der Waals surface area contributed by atoms with Gasteiger partial charge in [-0.3, -0.25) is 4.79 Å². The Labute approximate surface area is 112 Å². The smallest absolute Gasteiger partial charge is 0.238 e. The Kier molecular flexibility index (Phi) is 4.43. The number of nitriles is 2. The quantitative estimate of drug-likeness (QED) is 0.791. The third-order valence-electron chi connectivity index (χ3n) is 3.17. The van der Waals surface area contributed by atoms with Crippen LogP contribution in [0.3, 0.4) is 0 Å². The summed E-state index contributed by atoms with van der Waals surface area (Å²) in [7, 11) is 0. The molecular weight excluding hydrogens is 246 g/mol. The van der Waals surface area contributed by atoms with E-state index in [1.54, 1.807) is 0 Å². The van der Waals surface area contributed by atoms with Crippen molar-refractivity contribution in [1.82, 2.24) is 5.32 Å².